The second kappa shape index (κ2) is 11.1. The Bertz CT molecular complexity index is 1150. The number of nitrogens with zero attached hydrogens (tertiary/aromatic N) is 3. The molecule has 1 aliphatic rings. The highest BCUT2D eigenvalue weighted by Gasteiger charge is 2.19. The molecule has 2 N–H and O–H groups in total. The minimum absolute atomic E-state index is 0.201. The second-order valence-corrected chi connectivity index (χ2v) is 8.73. The fraction of sp³-hybridized carbons (Fsp3) is 0.333. The Morgan fingerprint density at radius 1 is 0.886 bits per heavy atom. The molecule has 2 amide bonds. The minimum atomic E-state index is -0.331. The first-order chi connectivity index (χ1) is 17.0. The molecule has 0 bridgehead atoms. The average molecular weight is 476 g/mol. The summed E-state index contributed by atoms with van der Waals surface area (Å²) in [5, 5.41) is 0. The molecule has 8 heteroatoms. The number of hydrogen-bond acceptors (Lipinski definition) is 5. The van der Waals surface area contributed by atoms with Crippen molar-refractivity contribution in [1.29, 1.82) is 0 Å². The van der Waals surface area contributed by atoms with Crippen molar-refractivity contribution in [1.82, 2.24) is 20.3 Å². The molecule has 0 aliphatic carbocycles. The molecule has 184 valence electrons. The van der Waals surface area contributed by atoms with Crippen molar-refractivity contribution in [2.24, 2.45) is 0 Å². The van der Waals surface area contributed by atoms with Crippen LogP contribution in [0.25, 0.3) is 5.69 Å². The Morgan fingerprint density at radius 2 is 1.57 bits per heavy atom. The van der Waals surface area contributed by atoms with Gasteiger partial charge in [0.25, 0.3) is 5.91 Å². The minimum Gasteiger partial charge on any atom is -0.497 e. The number of hydrogen-bond donors (Lipinski definition) is 2. The summed E-state index contributed by atoms with van der Waals surface area (Å²) in [6.07, 6.45) is 0.330. The van der Waals surface area contributed by atoms with Crippen LogP contribution in [-0.2, 0) is 4.79 Å². The van der Waals surface area contributed by atoms with E-state index in [1.807, 2.05) is 54.8 Å². The van der Waals surface area contributed by atoms with E-state index in [2.05, 4.69) is 44.9 Å². The van der Waals surface area contributed by atoms with Gasteiger partial charge in [0.15, 0.2) is 0 Å². The van der Waals surface area contributed by atoms with E-state index in [9.17, 15) is 9.59 Å². The first-order valence-electron chi connectivity index (χ1n) is 11.9. The van der Waals surface area contributed by atoms with Crippen LogP contribution in [0.2, 0.25) is 0 Å². The Balaban J connectivity index is 1.25. The summed E-state index contributed by atoms with van der Waals surface area (Å²) in [6, 6.07) is 19.9. The van der Waals surface area contributed by atoms with Crippen LogP contribution in [0, 0.1) is 13.8 Å². The number of para-hydroxylation sites is 1. The van der Waals surface area contributed by atoms with E-state index in [4.69, 9.17) is 4.74 Å². The van der Waals surface area contributed by atoms with Gasteiger partial charge in [-0.1, -0.05) is 18.2 Å². The largest absolute Gasteiger partial charge is 0.497 e. The maximum atomic E-state index is 12.8. The average Bonchev–Trinajstić information content (AvgIpc) is 3.20. The molecule has 4 rings (SSSR count). The van der Waals surface area contributed by atoms with E-state index in [0.29, 0.717) is 18.5 Å². The Kier molecular flexibility index (Phi) is 7.72. The lowest BCUT2D eigenvalue weighted by Crippen LogP contribution is -2.48. The van der Waals surface area contributed by atoms with Gasteiger partial charge in [-0.25, -0.2) is 0 Å². The number of rotatable bonds is 7. The number of anilines is 1. The molecule has 0 saturated carbocycles. The highest BCUT2D eigenvalue weighted by atomic mass is 16.5. The summed E-state index contributed by atoms with van der Waals surface area (Å²) >= 11 is 0. The molecule has 1 saturated heterocycles. The third-order valence-corrected chi connectivity index (χ3v) is 6.47. The SMILES string of the molecule is COc1ccc(-n2c(C)cc(C(=O)NNC(=O)CCN3CCN(c4ccccc4)CC3)c2C)cc1. The maximum Gasteiger partial charge on any atom is 0.271 e. The Labute approximate surface area is 206 Å². The summed E-state index contributed by atoms with van der Waals surface area (Å²) in [6.45, 7) is 8.19. The fourth-order valence-corrected chi connectivity index (χ4v) is 4.51. The van der Waals surface area contributed by atoms with Crippen molar-refractivity contribution in [3.8, 4) is 11.4 Å². The third-order valence-electron chi connectivity index (χ3n) is 6.47. The van der Waals surface area contributed by atoms with Gasteiger partial charge in [0.05, 0.1) is 12.7 Å². The highest BCUT2D eigenvalue weighted by molar-refractivity contribution is 5.97. The molecule has 35 heavy (non-hydrogen) atoms. The van der Waals surface area contributed by atoms with E-state index in [0.717, 1.165) is 49.0 Å². The predicted octanol–water partition coefficient (Wildman–Crippen LogP) is 3.08. The monoisotopic (exact) mass is 475 g/mol. The molecule has 8 nitrogen and oxygen atoms in total. The lowest BCUT2D eigenvalue weighted by Gasteiger charge is -2.36. The summed E-state index contributed by atoms with van der Waals surface area (Å²) in [5.74, 6) is 0.241. The first kappa shape index (κ1) is 24.3. The van der Waals surface area contributed by atoms with E-state index in [-0.39, 0.29) is 11.8 Å². The van der Waals surface area contributed by atoms with Crippen molar-refractivity contribution in [2.75, 3.05) is 44.7 Å². The number of piperazine rings is 1. The van der Waals surface area contributed by atoms with Gasteiger partial charge in [-0.15, -0.1) is 0 Å². The lowest BCUT2D eigenvalue weighted by molar-refractivity contribution is -0.122. The molecule has 1 aliphatic heterocycles. The van der Waals surface area contributed by atoms with Crippen LogP contribution in [0.15, 0.2) is 60.7 Å². The number of benzene rings is 2. The van der Waals surface area contributed by atoms with Gasteiger partial charge in [-0.3, -0.25) is 25.3 Å². The standard InChI is InChI=1S/C27H33N5O3/c1-20-19-25(21(2)32(20)23-9-11-24(35-3)12-10-23)27(34)29-28-26(33)13-14-30-15-17-31(18-16-30)22-7-5-4-6-8-22/h4-12,19H,13-18H2,1-3H3,(H,28,33)(H,29,34). The molecule has 0 spiro atoms. The van der Waals surface area contributed by atoms with Crippen LogP contribution in [-0.4, -0.2) is 61.1 Å². The van der Waals surface area contributed by atoms with Crippen molar-refractivity contribution < 1.29 is 14.3 Å². The number of hydrazine groups is 1. The van der Waals surface area contributed by atoms with E-state index in [1.54, 1.807) is 7.11 Å². The van der Waals surface area contributed by atoms with Crippen LogP contribution in [0.3, 0.4) is 0 Å². The van der Waals surface area contributed by atoms with Crippen molar-refractivity contribution in [2.45, 2.75) is 20.3 Å². The van der Waals surface area contributed by atoms with Crippen LogP contribution < -0.4 is 20.5 Å². The summed E-state index contributed by atoms with van der Waals surface area (Å²) < 4.78 is 7.23. The van der Waals surface area contributed by atoms with Gasteiger partial charge >= 0.3 is 0 Å². The number of amides is 2. The van der Waals surface area contributed by atoms with Gasteiger partial charge in [-0.2, -0.15) is 0 Å². The molecule has 0 radical (unpaired) electrons. The van der Waals surface area contributed by atoms with E-state index < -0.39 is 0 Å². The molecule has 2 aromatic carbocycles. The van der Waals surface area contributed by atoms with Crippen molar-refractivity contribution in [3.05, 3.63) is 77.6 Å². The normalized spacial score (nSPS) is 14.0. The molecular formula is C27H33N5O3. The number of methoxy groups -OCH3 is 1. The van der Waals surface area contributed by atoms with E-state index in [1.165, 1.54) is 5.69 Å². The number of aromatic nitrogens is 1. The van der Waals surface area contributed by atoms with Gasteiger partial charge in [-0.05, 0) is 56.3 Å². The molecular weight excluding hydrogens is 442 g/mol. The number of ether oxygens (including phenoxy) is 1. The molecule has 1 aromatic heterocycles. The third kappa shape index (κ3) is 5.84. The summed E-state index contributed by atoms with van der Waals surface area (Å²) in [7, 11) is 1.63. The maximum absolute atomic E-state index is 12.8. The highest BCUT2D eigenvalue weighted by Crippen LogP contribution is 2.22. The van der Waals surface area contributed by atoms with Crippen LogP contribution in [0.5, 0.6) is 5.75 Å². The molecule has 0 unspecified atom stereocenters. The number of carbonyl (C=O) groups is 2. The van der Waals surface area contributed by atoms with Gasteiger partial charge < -0.3 is 14.2 Å². The second-order valence-electron chi connectivity index (χ2n) is 8.73. The fourth-order valence-electron chi connectivity index (χ4n) is 4.51. The van der Waals surface area contributed by atoms with Crippen LogP contribution in [0.1, 0.15) is 28.2 Å². The van der Waals surface area contributed by atoms with Crippen molar-refractivity contribution in [3.63, 3.8) is 0 Å². The molecule has 3 aromatic rings. The van der Waals surface area contributed by atoms with Crippen LogP contribution >= 0.6 is 0 Å². The smallest absolute Gasteiger partial charge is 0.271 e. The van der Waals surface area contributed by atoms with Gasteiger partial charge in [0.2, 0.25) is 5.91 Å². The predicted molar refractivity (Wildman–Crippen MR) is 137 cm³/mol. The molecule has 0 atom stereocenters. The first-order valence-corrected chi connectivity index (χ1v) is 11.9. The topological polar surface area (TPSA) is 78.8 Å². The number of aryl methyl sites for hydroxylation is 1. The zero-order valence-electron chi connectivity index (χ0n) is 20.6. The zero-order valence-corrected chi connectivity index (χ0v) is 20.6. The summed E-state index contributed by atoms with van der Waals surface area (Å²) in [4.78, 5) is 29.8. The van der Waals surface area contributed by atoms with Crippen molar-refractivity contribution >= 4 is 17.5 Å². The Hall–Kier alpha value is -3.78. The van der Waals surface area contributed by atoms with Gasteiger partial charge in [0, 0.05) is 61.9 Å². The van der Waals surface area contributed by atoms with Gasteiger partial charge in [0.1, 0.15) is 5.75 Å². The van der Waals surface area contributed by atoms with E-state index >= 15 is 0 Å². The quantitative estimate of drug-likeness (QED) is 0.514. The number of carbonyl (C=O) groups excluding carboxylic acids is 2. The lowest BCUT2D eigenvalue weighted by atomic mass is 10.2. The van der Waals surface area contributed by atoms with Crippen LogP contribution in [0.4, 0.5) is 5.69 Å². The molecule has 1 fully saturated rings. The molecule has 2 heterocycles. The number of nitrogens with one attached hydrogen (secondary N) is 2. The summed E-state index contributed by atoms with van der Waals surface area (Å²) in [5.41, 5.74) is 9.56. The Morgan fingerprint density at radius 3 is 2.23 bits per heavy atom. The zero-order chi connectivity index (χ0) is 24.8.